The molecule has 0 aliphatic heterocycles. The zero-order valence-electron chi connectivity index (χ0n) is 11.6. The number of hydrogen-bond acceptors (Lipinski definition) is 2. The van der Waals surface area contributed by atoms with E-state index >= 15 is 0 Å². The van der Waals surface area contributed by atoms with Gasteiger partial charge >= 0.3 is 0 Å². The second kappa shape index (κ2) is 6.19. The molecule has 1 N–H and O–H groups in total. The van der Waals surface area contributed by atoms with Gasteiger partial charge in [-0.3, -0.25) is 0 Å². The Morgan fingerprint density at radius 1 is 1.06 bits per heavy atom. The molecule has 100 valence electrons. The van der Waals surface area contributed by atoms with E-state index in [-0.39, 0.29) is 0 Å². The molecule has 0 bridgehead atoms. The lowest BCUT2D eigenvalue weighted by Gasteiger charge is -2.34. The fraction of sp³-hybridized carbons (Fsp3) is 1.00. The summed E-state index contributed by atoms with van der Waals surface area (Å²) in [6.07, 6.45) is 11.3. The summed E-state index contributed by atoms with van der Waals surface area (Å²) in [6, 6.07) is 0.781. The summed E-state index contributed by atoms with van der Waals surface area (Å²) in [4.78, 5) is 0. The van der Waals surface area contributed by atoms with E-state index in [4.69, 9.17) is 4.74 Å². The zero-order chi connectivity index (χ0) is 12.1. The topological polar surface area (TPSA) is 21.3 Å². The molecule has 2 heteroatoms. The van der Waals surface area contributed by atoms with Crippen LogP contribution in [0.3, 0.4) is 0 Å². The van der Waals surface area contributed by atoms with E-state index in [1.54, 1.807) is 0 Å². The molecule has 0 aromatic rings. The highest BCUT2D eigenvalue weighted by Gasteiger charge is 2.27. The molecule has 0 unspecified atom stereocenters. The molecule has 0 aromatic heterocycles. The SMILES string of the molecule is CC1(C)CCC(OCCNC2CCCC2)CC1. The summed E-state index contributed by atoms with van der Waals surface area (Å²) in [5.41, 5.74) is 0.557. The van der Waals surface area contributed by atoms with Crippen LogP contribution in [0.1, 0.15) is 65.2 Å². The Morgan fingerprint density at radius 3 is 2.35 bits per heavy atom. The smallest absolute Gasteiger partial charge is 0.0594 e. The first kappa shape index (κ1) is 13.4. The van der Waals surface area contributed by atoms with Crippen molar-refractivity contribution in [2.75, 3.05) is 13.2 Å². The molecule has 2 aliphatic rings. The van der Waals surface area contributed by atoms with Gasteiger partial charge in [0.05, 0.1) is 12.7 Å². The Morgan fingerprint density at radius 2 is 1.71 bits per heavy atom. The van der Waals surface area contributed by atoms with Crippen molar-refractivity contribution in [1.82, 2.24) is 5.32 Å². The van der Waals surface area contributed by atoms with E-state index in [1.807, 2.05) is 0 Å². The summed E-state index contributed by atoms with van der Waals surface area (Å²) < 4.78 is 5.97. The Balaban J connectivity index is 1.51. The van der Waals surface area contributed by atoms with Crippen LogP contribution in [0, 0.1) is 5.41 Å². The maximum absolute atomic E-state index is 5.97. The van der Waals surface area contributed by atoms with Crippen LogP contribution in [-0.4, -0.2) is 25.3 Å². The van der Waals surface area contributed by atoms with Crippen molar-refractivity contribution in [3.8, 4) is 0 Å². The van der Waals surface area contributed by atoms with Crippen LogP contribution in [0.5, 0.6) is 0 Å². The van der Waals surface area contributed by atoms with Gasteiger partial charge < -0.3 is 10.1 Å². The van der Waals surface area contributed by atoms with Gasteiger partial charge in [-0.2, -0.15) is 0 Å². The lowest BCUT2D eigenvalue weighted by atomic mass is 9.76. The molecule has 0 saturated heterocycles. The maximum Gasteiger partial charge on any atom is 0.0594 e. The van der Waals surface area contributed by atoms with E-state index in [0.29, 0.717) is 11.5 Å². The molecule has 2 rings (SSSR count). The van der Waals surface area contributed by atoms with Gasteiger partial charge in [0.25, 0.3) is 0 Å². The first-order valence-corrected chi connectivity index (χ1v) is 7.51. The Bertz CT molecular complexity index is 211. The predicted molar refractivity (Wildman–Crippen MR) is 72.2 cm³/mol. The third kappa shape index (κ3) is 4.59. The van der Waals surface area contributed by atoms with Gasteiger partial charge in [-0.05, 0) is 43.9 Å². The molecule has 2 aliphatic carbocycles. The Labute approximate surface area is 107 Å². The molecule has 17 heavy (non-hydrogen) atoms. The Hall–Kier alpha value is -0.0800. The van der Waals surface area contributed by atoms with Crippen LogP contribution in [-0.2, 0) is 4.74 Å². The van der Waals surface area contributed by atoms with Gasteiger partial charge in [0.15, 0.2) is 0 Å². The van der Waals surface area contributed by atoms with Crippen molar-refractivity contribution in [3.05, 3.63) is 0 Å². The fourth-order valence-electron chi connectivity index (χ4n) is 3.16. The van der Waals surface area contributed by atoms with Crippen molar-refractivity contribution in [2.24, 2.45) is 5.41 Å². The molecule has 2 fully saturated rings. The second-order valence-electron chi connectivity index (χ2n) is 6.67. The number of hydrogen-bond donors (Lipinski definition) is 1. The summed E-state index contributed by atoms with van der Waals surface area (Å²) in [5, 5.41) is 3.61. The van der Waals surface area contributed by atoms with Crippen molar-refractivity contribution in [1.29, 1.82) is 0 Å². The third-order valence-corrected chi connectivity index (χ3v) is 4.53. The number of rotatable bonds is 5. The minimum absolute atomic E-state index is 0.536. The molecule has 0 spiro atoms. The standard InChI is InChI=1S/C15H29NO/c1-15(2)9-7-14(8-10-15)17-12-11-16-13-5-3-4-6-13/h13-14,16H,3-12H2,1-2H3. The zero-order valence-corrected chi connectivity index (χ0v) is 11.6. The molecule has 0 aromatic carbocycles. The quantitative estimate of drug-likeness (QED) is 0.741. The van der Waals surface area contributed by atoms with E-state index in [1.165, 1.54) is 51.4 Å². The normalized spacial score (nSPS) is 26.5. The molecule has 0 atom stereocenters. The van der Waals surface area contributed by atoms with Crippen molar-refractivity contribution < 1.29 is 4.74 Å². The molecule has 0 radical (unpaired) electrons. The van der Waals surface area contributed by atoms with Crippen LogP contribution in [0.2, 0.25) is 0 Å². The summed E-state index contributed by atoms with van der Waals surface area (Å²) in [7, 11) is 0. The molecule has 2 nitrogen and oxygen atoms in total. The van der Waals surface area contributed by atoms with Gasteiger partial charge in [-0.15, -0.1) is 0 Å². The highest BCUT2D eigenvalue weighted by Crippen LogP contribution is 2.36. The summed E-state index contributed by atoms with van der Waals surface area (Å²) in [5.74, 6) is 0. The van der Waals surface area contributed by atoms with Gasteiger partial charge in [0.2, 0.25) is 0 Å². The molecular weight excluding hydrogens is 210 g/mol. The maximum atomic E-state index is 5.97. The average molecular weight is 239 g/mol. The van der Waals surface area contributed by atoms with Gasteiger partial charge in [0.1, 0.15) is 0 Å². The van der Waals surface area contributed by atoms with Crippen molar-refractivity contribution in [3.63, 3.8) is 0 Å². The van der Waals surface area contributed by atoms with E-state index < -0.39 is 0 Å². The summed E-state index contributed by atoms with van der Waals surface area (Å²) >= 11 is 0. The van der Waals surface area contributed by atoms with E-state index in [9.17, 15) is 0 Å². The second-order valence-corrected chi connectivity index (χ2v) is 6.67. The molecule has 0 amide bonds. The van der Waals surface area contributed by atoms with Crippen molar-refractivity contribution >= 4 is 0 Å². The predicted octanol–water partition coefficient (Wildman–Crippen LogP) is 3.50. The third-order valence-electron chi connectivity index (χ3n) is 4.53. The Kier molecular flexibility index (Phi) is 4.87. The van der Waals surface area contributed by atoms with Gasteiger partial charge in [-0.1, -0.05) is 26.7 Å². The monoisotopic (exact) mass is 239 g/mol. The summed E-state index contributed by atoms with van der Waals surface area (Å²) in [6.45, 7) is 6.71. The van der Waals surface area contributed by atoms with Crippen LogP contribution in [0.25, 0.3) is 0 Å². The number of ether oxygens (including phenoxy) is 1. The molecular formula is C15H29NO. The largest absolute Gasteiger partial charge is 0.377 e. The lowest BCUT2D eigenvalue weighted by Crippen LogP contribution is -2.32. The fourth-order valence-corrected chi connectivity index (χ4v) is 3.16. The number of nitrogens with one attached hydrogen (secondary N) is 1. The van der Waals surface area contributed by atoms with E-state index in [2.05, 4.69) is 19.2 Å². The van der Waals surface area contributed by atoms with Crippen LogP contribution in [0.15, 0.2) is 0 Å². The van der Waals surface area contributed by atoms with Crippen LogP contribution in [0.4, 0.5) is 0 Å². The van der Waals surface area contributed by atoms with Crippen LogP contribution >= 0.6 is 0 Å². The minimum Gasteiger partial charge on any atom is -0.377 e. The minimum atomic E-state index is 0.536. The highest BCUT2D eigenvalue weighted by molar-refractivity contribution is 4.79. The first-order chi connectivity index (χ1) is 8.16. The molecule has 0 heterocycles. The molecule has 2 saturated carbocycles. The van der Waals surface area contributed by atoms with Crippen molar-refractivity contribution in [2.45, 2.75) is 77.4 Å². The van der Waals surface area contributed by atoms with Gasteiger partial charge in [-0.25, -0.2) is 0 Å². The van der Waals surface area contributed by atoms with E-state index in [0.717, 1.165) is 19.2 Å². The average Bonchev–Trinajstić information content (AvgIpc) is 2.79. The first-order valence-electron chi connectivity index (χ1n) is 7.51. The van der Waals surface area contributed by atoms with Gasteiger partial charge in [0, 0.05) is 12.6 Å². The van der Waals surface area contributed by atoms with Crippen LogP contribution < -0.4 is 5.32 Å². The lowest BCUT2D eigenvalue weighted by molar-refractivity contribution is 0.00537. The highest BCUT2D eigenvalue weighted by atomic mass is 16.5.